The maximum Gasteiger partial charge on any atom is 0.326 e. The lowest BCUT2D eigenvalue weighted by molar-refractivity contribution is 0.102. The summed E-state index contributed by atoms with van der Waals surface area (Å²) in [7, 11) is 1.55. The summed E-state index contributed by atoms with van der Waals surface area (Å²) < 4.78 is 5.83. The second-order valence-electron chi connectivity index (χ2n) is 4.93. The van der Waals surface area contributed by atoms with Crippen molar-refractivity contribution in [2.24, 2.45) is 0 Å². The molecule has 0 bridgehead atoms. The lowest BCUT2D eigenvalue weighted by atomic mass is 10.1. The first kappa shape index (κ1) is 17.0. The molecule has 25 heavy (non-hydrogen) atoms. The Morgan fingerprint density at radius 3 is 2.64 bits per heavy atom. The van der Waals surface area contributed by atoms with E-state index in [1.54, 1.807) is 31.4 Å². The largest absolute Gasteiger partial charge is 0.497 e. The number of nitrogens with zero attached hydrogens (tertiary/aromatic N) is 1. The molecule has 0 aliphatic rings. The molecule has 0 aliphatic heterocycles. The fourth-order valence-electron chi connectivity index (χ4n) is 2.19. The number of thiophene rings is 1. The van der Waals surface area contributed by atoms with Crippen LogP contribution in [0.3, 0.4) is 0 Å². The van der Waals surface area contributed by atoms with Crippen molar-refractivity contribution in [1.82, 2.24) is 9.97 Å². The number of ketones is 1. The van der Waals surface area contributed by atoms with E-state index in [2.05, 4.69) is 9.97 Å². The van der Waals surface area contributed by atoms with E-state index in [1.807, 2.05) is 6.07 Å². The van der Waals surface area contributed by atoms with Gasteiger partial charge in [-0.2, -0.15) is 5.26 Å². The van der Waals surface area contributed by atoms with Gasteiger partial charge in [0.25, 0.3) is 5.56 Å². The van der Waals surface area contributed by atoms with E-state index >= 15 is 0 Å². The number of hydrogen-bond acceptors (Lipinski definition) is 7. The van der Waals surface area contributed by atoms with Crippen LogP contribution in [-0.2, 0) is 0 Å². The zero-order chi connectivity index (χ0) is 18.0. The van der Waals surface area contributed by atoms with E-state index in [0.29, 0.717) is 15.5 Å². The van der Waals surface area contributed by atoms with Crippen LogP contribution in [0.15, 0.2) is 38.1 Å². The van der Waals surface area contributed by atoms with Crippen LogP contribution in [0.5, 0.6) is 5.75 Å². The molecule has 0 radical (unpaired) electrons. The Bertz CT molecular complexity index is 1100. The standard InChI is InChI=1S/C16H11N3O4S2/c1-23-9-4-2-8(3-5-9)11(20)7-24-15-10(6-17)12-13(25-15)14(21)19-16(22)18-12/h2-5H,7H2,1H3,(H2,18,19,21,22). The van der Waals surface area contributed by atoms with Crippen molar-refractivity contribution < 1.29 is 9.53 Å². The molecule has 0 fully saturated rings. The maximum atomic E-state index is 12.3. The predicted molar refractivity (Wildman–Crippen MR) is 95.8 cm³/mol. The van der Waals surface area contributed by atoms with Gasteiger partial charge < -0.3 is 9.72 Å². The Morgan fingerprint density at radius 1 is 1.28 bits per heavy atom. The van der Waals surface area contributed by atoms with E-state index in [-0.39, 0.29) is 27.3 Å². The average molecular weight is 373 g/mol. The van der Waals surface area contributed by atoms with Gasteiger partial charge in [0.2, 0.25) is 0 Å². The summed E-state index contributed by atoms with van der Waals surface area (Å²) in [4.78, 5) is 40.1. The maximum absolute atomic E-state index is 12.3. The molecule has 0 saturated carbocycles. The number of methoxy groups -OCH3 is 1. The van der Waals surface area contributed by atoms with Crippen molar-refractivity contribution in [1.29, 1.82) is 5.26 Å². The normalized spacial score (nSPS) is 10.6. The van der Waals surface area contributed by atoms with Gasteiger partial charge in [-0.1, -0.05) is 0 Å². The number of aromatic nitrogens is 2. The van der Waals surface area contributed by atoms with Gasteiger partial charge in [0.05, 0.1) is 22.6 Å². The van der Waals surface area contributed by atoms with E-state index in [0.717, 1.165) is 11.3 Å². The first-order valence-corrected chi connectivity index (χ1v) is 8.83. The Morgan fingerprint density at radius 2 is 2.00 bits per heavy atom. The number of ether oxygens (including phenoxy) is 1. The van der Waals surface area contributed by atoms with Crippen molar-refractivity contribution in [3.05, 3.63) is 56.2 Å². The molecule has 0 aliphatic carbocycles. The summed E-state index contributed by atoms with van der Waals surface area (Å²) in [6.07, 6.45) is 0. The monoisotopic (exact) mass is 373 g/mol. The Balaban J connectivity index is 1.86. The Kier molecular flexibility index (Phi) is 4.74. The van der Waals surface area contributed by atoms with E-state index in [9.17, 15) is 19.6 Å². The number of nitriles is 1. The fraction of sp³-hybridized carbons (Fsp3) is 0.125. The van der Waals surface area contributed by atoms with Crippen LogP contribution in [0.1, 0.15) is 15.9 Å². The smallest absolute Gasteiger partial charge is 0.326 e. The first-order chi connectivity index (χ1) is 12.0. The minimum atomic E-state index is -0.669. The quantitative estimate of drug-likeness (QED) is 0.523. The molecule has 1 aromatic carbocycles. The number of rotatable bonds is 5. The topological polar surface area (TPSA) is 116 Å². The molecular weight excluding hydrogens is 362 g/mol. The zero-order valence-electron chi connectivity index (χ0n) is 12.9. The summed E-state index contributed by atoms with van der Waals surface area (Å²) >= 11 is 2.25. The van der Waals surface area contributed by atoms with Gasteiger partial charge in [-0.3, -0.25) is 14.6 Å². The second-order valence-corrected chi connectivity index (χ2v) is 7.19. The Labute approximate surface area is 149 Å². The van der Waals surface area contributed by atoms with Gasteiger partial charge >= 0.3 is 5.69 Å². The van der Waals surface area contributed by atoms with Crippen LogP contribution in [0.2, 0.25) is 0 Å². The number of nitrogens with one attached hydrogen (secondary N) is 2. The molecule has 9 heteroatoms. The van der Waals surface area contributed by atoms with Crippen LogP contribution in [0.25, 0.3) is 10.2 Å². The number of H-pyrrole nitrogens is 2. The van der Waals surface area contributed by atoms with Crippen LogP contribution >= 0.6 is 23.1 Å². The van der Waals surface area contributed by atoms with Crippen LogP contribution in [0.4, 0.5) is 0 Å². The third-order valence-electron chi connectivity index (χ3n) is 3.41. The molecule has 126 valence electrons. The number of benzene rings is 1. The van der Waals surface area contributed by atoms with Crippen molar-refractivity contribution in [2.75, 3.05) is 12.9 Å². The average Bonchev–Trinajstić information content (AvgIpc) is 2.97. The van der Waals surface area contributed by atoms with Gasteiger partial charge in [-0.05, 0) is 24.3 Å². The third-order valence-corrected chi connectivity index (χ3v) is 5.87. The lowest BCUT2D eigenvalue weighted by Gasteiger charge is -2.02. The van der Waals surface area contributed by atoms with Gasteiger partial charge in [0.15, 0.2) is 5.78 Å². The zero-order valence-corrected chi connectivity index (χ0v) is 14.5. The molecular formula is C16H11N3O4S2. The summed E-state index contributed by atoms with van der Waals surface area (Å²) in [5, 5.41) is 9.34. The molecule has 2 N–H and O–H groups in total. The number of carbonyl (C=O) groups excluding carboxylic acids is 1. The van der Waals surface area contributed by atoms with Gasteiger partial charge in [0.1, 0.15) is 22.1 Å². The first-order valence-electron chi connectivity index (χ1n) is 7.02. The second kappa shape index (κ2) is 6.96. The van der Waals surface area contributed by atoms with Crippen molar-refractivity contribution >= 4 is 39.1 Å². The molecule has 2 aromatic heterocycles. The highest BCUT2D eigenvalue weighted by Gasteiger charge is 2.17. The number of hydrogen-bond donors (Lipinski definition) is 2. The molecule has 3 aromatic rings. The highest BCUT2D eigenvalue weighted by molar-refractivity contribution is 8.02. The lowest BCUT2D eigenvalue weighted by Crippen LogP contribution is -2.20. The third kappa shape index (κ3) is 3.35. The fourth-order valence-corrected chi connectivity index (χ4v) is 4.41. The molecule has 0 amide bonds. The van der Waals surface area contributed by atoms with Crippen molar-refractivity contribution in [3.8, 4) is 11.8 Å². The molecule has 2 heterocycles. The SMILES string of the molecule is COc1ccc(C(=O)CSc2sc3c(=O)[nH]c(=O)[nH]c3c2C#N)cc1. The van der Waals surface area contributed by atoms with Crippen molar-refractivity contribution in [3.63, 3.8) is 0 Å². The molecule has 3 rings (SSSR count). The number of aromatic amines is 2. The number of Topliss-reactive ketones (excluding diaryl/α,β-unsaturated/α-hetero) is 1. The Hall–Kier alpha value is -2.83. The number of fused-ring (bicyclic) bond motifs is 1. The molecule has 0 spiro atoms. The van der Waals surface area contributed by atoms with Crippen LogP contribution in [-0.4, -0.2) is 28.6 Å². The number of thioether (sulfide) groups is 1. The predicted octanol–water partition coefficient (Wildman–Crippen LogP) is 2.13. The minimum absolute atomic E-state index is 0.107. The summed E-state index contributed by atoms with van der Waals surface area (Å²) in [6.45, 7) is 0. The summed E-state index contributed by atoms with van der Waals surface area (Å²) in [5.41, 5.74) is -0.276. The summed E-state index contributed by atoms with van der Waals surface area (Å²) in [6, 6.07) is 8.72. The summed E-state index contributed by atoms with van der Waals surface area (Å²) in [5.74, 6) is 0.649. The van der Waals surface area contributed by atoms with Crippen LogP contribution < -0.4 is 16.0 Å². The highest BCUT2D eigenvalue weighted by atomic mass is 32.2. The number of carbonyl (C=O) groups is 1. The minimum Gasteiger partial charge on any atom is -0.497 e. The van der Waals surface area contributed by atoms with Gasteiger partial charge in [-0.25, -0.2) is 4.79 Å². The van der Waals surface area contributed by atoms with E-state index < -0.39 is 11.2 Å². The molecule has 0 unspecified atom stereocenters. The molecule has 7 nitrogen and oxygen atoms in total. The van der Waals surface area contributed by atoms with Gasteiger partial charge in [0, 0.05) is 5.56 Å². The highest BCUT2D eigenvalue weighted by Crippen LogP contribution is 2.35. The van der Waals surface area contributed by atoms with Crippen LogP contribution in [0, 0.1) is 11.3 Å². The molecule has 0 atom stereocenters. The van der Waals surface area contributed by atoms with E-state index in [4.69, 9.17) is 4.74 Å². The van der Waals surface area contributed by atoms with Crippen molar-refractivity contribution in [2.45, 2.75) is 4.21 Å². The molecule has 0 saturated heterocycles. The van der Waals surface area contributed by atoms with E-state index in [1.165, 1.54) is 11.8 Å². The van der Waals surface area contributed by atoms with Gasteiger partial charge in [-0.15, -0.1) is 23.1 Å².